The van der Waals surface area contributed by atoms with Crippen LogP contribution in [0.4, 0.5) is 11.9 Å². The molecule has 0 bridgehead atoms. The average molecular weight is 263 g/mol. The van der Waals surface area contributed by atoms with Crippen LogP contribution in [0.25, 0.3) is 0 Å². The van der Waals surface area contributed by atoms with Crippen molar-refractivity contribution in [2.45, 2.75) is 13.5 Å². The molecule has 0 radical (unpaired) electrons. The predicted octanol–water partition coefficient (Wildman–Crippen LogP) is 0.658. The zero-order chi connectivity index (χ0) is 13.7. The van der Waals surface area contributed by atoms with E-state index in [1.807, 2.05) is 26.2 Å². The third kappa shape index (κ3) is 3.54. The number of hydrogen-bond acceptors (Lipinski definition) is 7. The molecule has 0 atom stereocenters. The van der Waals surface area contributed by atoms with Gasteiger partial charge in [-0.05, 0) is 13.0 Å². The second kappa shape index (κ2) is 5.98. The fourth-order valence-electron chi connectivity index (χ4n) is 1.49. The van der Waals surface area contributed by atoms with Crippen LogP contribution in [0.3, 0.4) is 0 Å². The zero-order valence-corrected chi connectivity index (χ0v) is 11.2. The van der Waals surface area contributed by atoms with Crippen LogP contribution in [0.15, 0.2) is 12.3 Å². The first-order valence-corrected chi connectivity index (χ1v) is 5.97. The van der Waals surface area contributed by atoms with Gasteiger partial charge in [0, 0.05) is 19.8 Å². The lowest BCUT2D eigenvalue weighted by Gasteiger charge is -2.07. The van der Waals surface area contributed by atoms with Gasteiger partial charge in [-0.3, -0.25) is 4.68 Å². The van der Waals surface area contributed by atoms with Gasteiger partial charge in [0.15, 0.2) is 0 Å². The summed E-state index contributed by atoms with van der Waals surface area (Å²) in [5, 5.41) is 10.4. The van der Waals surface area contributed by atoms with Crippen molar-refractivity contribution < 1.29 is 4.74 Å². The van der Waals surface area contributed by atoms with Gasteiger partial charge < -0.3 is 15.4 Å². The summed E-state index contributed by atoms with van der Waals surface area (Å²) >= 11 is 0. The van der Waals surface area contributed by atoms with Crippen molar-refractivity contribution in [1.82, 2.24) is 24.7 Å². The third-order valence-corrected chi connectivity index (χ3v) is 2.33. The molecule has 2 heterocycles. The smallest absolute Gasteiger partial charge is 0.322 e. The molecule has 0 spiro atoms. The fraction of sp³-hybridized carbons (Fsp3) is 0.455. The van der Waals surface area contributed by atoms with Gasteiger partial charge in [-0.15, -0.1) is 0 Å². The molecule has 0 saturated heterocycles. The summed E-state index contributed by atoms with van der Waals surface area (Å²) in [6.45, 7) is 3.24. The minimum atomic E-state index is 0.273. The second-order valence-electron chi connectivity index (χ2n) is 3.83. The molecule has 0 aliphatic heterocycles. The van der Waals surface area contributed by atoms with E-state index in [1.165, 1.54) is 7.11 Å². The van der Waals surface area contributed by atoms with Crippen molar-refractivity contribution in [3.8, 4) is 6.01 Å². The summed E-state index contributed by atoms with van der Waals surface area (Å²) < 4.78 is 6.78. The first kappa shape index (κ1) is 13.1. The van der Waals surface area contributed by atoms with Crippen LogP contribution in [0.5, 0.6) is 6.01 Å². The first-order valence-electron chi connectivity index (χ1n) is 5.97. The minimum absolute atomic E-state index is 0.273. The van der Waals surface area contributed by atoms with E-state index in [2.05, 4.69) is 30.7 Å². The Morgan fingerprint density at radius 1 is 1.21 bits per heavy atom. The van der Waals surface area contributed by atoms with Crippen LogP contribution < -0.4 is 15.4 Å². The topological polar surface area (TPSA) is 89.8 Å². The van der Waals surface area contributed by atoms with E-state index in [4.69, 9.17) is 4.74 Å². The lowest BCUT2D eigenvalue weighted by Crippen LogP contribution is -2.10. The third-order valence-electron chi connectivity index (χ3n) is 2.33. The van der Waals surface area contributed by atoms with Gasteiger partial charge in [0.1, 0.15) is 0 Å². The summed E-state index contributed by atoms with van der Waals surface area (Å²) in [6.07, 6.45) is 1.88. The lowest BCUT2D eigenvalue weighted by atomic mass is 10.4. The van der Waals surface area contributed by atoms with E-state index in [0.29, 0.717) is 18.4 Å². The summed E-state index contributed by atoms with van der Waals surface area (Å²) in [5.74, 6) is 0.936. The van der Waals surface area contributed by atoms with Crippen LogP contribution in [0.2, 0.25) is 0 Å². The maximum atomic E-state index is 5.04. The highest BCUT2D eigenvalue weighted by molar-refractivity contribution is 5.36. The number of methoxy groups -OCH3 is 1. The van der Waals surface area contributed by atoms with Gasteiger partial charge in [0.2, 0.25) is 11.9 Å². The Morgan fingerprint density at radius 2 is 1.95 bits per heavy atom. The largest absolute Gasteiger partial charge is 0.467 e. The van der Waals surface area contributed by atoms with E-state index in [0.717, 1.165) is 12.2 Å². The molecule has 2 aromatic heterocycles. The number of aromatic nitrogens is 5. The van der Waals surface area contributed by atoms with Crippen molar-refractivity contribution in [3.05, 3.63) is 18.0 Å². The van der Waals surface area contributed by atoms with Gasteiger partial charge in [-0.25, -0.2) is 0 Å². The molecule has 8 heteroatoms. The molecule has 0 unspecified atom stereocenters. The van der Waals surface area contributed by atoms with E-state index < -0.39 is 0 Å². The molecule has 0 amide bonds. The van der Waals surface area contributed by atoms with Crippen LogP contribution >= 0.6 is 0 Å². The Balaban J connectivity index is 2.08. The van der Waals surface area contributed by atoms with Crippen LogP contribution in [0, 0.1) is 0 Å². The standard InChI is InChI=1S/C11H17N7O/c1-4-12-9-14-10(16-11(15-9)19-3)13-7-8-5-6-18(2)17-8/h5-6H,4,7H2,1-3H3,(H2,12,13,14,15,16). The average Bonchev–Trinajstić information content (AvgIpc) is 2.82. The Kier molecular flexibility index (Phi) is 4.11. The van der Waals surface area contributed by atoms with Gasteiger partial charge >= 0.3 is 6.01 Å². The molecular formula is C11H17N7O. The number of nitrogens with one attached hydrogen (secondary N) is 2. The van der Waals surface area contributed by atoms with Crippen molar-refractivity contribution in [3.63, 3.8) is 0 Å². The zero-order valence-electron chi connectivity index (χ0n) is 11.2. The van der Waals surface area contributed by atoms with E-state index in [1.54, 1.807) is 4.68 Å². The minimum Gasteiger partial charge on any atom is -0.467 e. The van der Waals surface area contributed by atoms with E-state index in [-0.39, 0.29) is 6.01 Å². The molecule has 19 heavy (non-hydrogen) atoms. The molecule has 0 aliphatic carbocycles. The molecule has 2 N–H and O–H groups in total. The molecule has 8 nitrogen and oxygen atoms in total. The number of nitrogens with zero attached hydrogens (tertiary/aromatic N) is 5. The maximum Gasteiger partial charge on any atom is 0.322 e. The normalized spacial score (nSPS) is 10.3. The van der Waals surface area contributed by atoms with Gasteiger partial charge in [0.05, 0.1) is 19.3 Å². The summed E-state index contributed by atoms with van der Waals surface area (Å²) in [7, 11) is 3.40. The van der Waals surface area contributed by atoms with Gasteiger partial charge in [0.25, 0.3) is 0 Å². The molecule has 2 aromatic rings. The molecule has 0 aliphatic rings. The van der Waals surface area contributed by atoms with Crippen molar-refractivity contribution in [2.24, 2.45) is 7.05 Å². The first-order chi connectivity index (χ1) is 9.21. The fourth-order valence-corrected chi connectivity index (χ4v) is 1.49. The highest BCUT2D eigenvalue weighted by Crippen LogP contribution is 2.11. The highest BCUT2D eigenvalue weighted by Gasteiger charge is 2.06. The van der Waals surface area contributed by atoms with E-state index in [9.17, 15) is 0 Å². The Morgan fingerprint density at radius 3 is 2.53 bits per heavy atom. The number of ether oxygens (including phenoxy) is 1. The number of rotatable bonds is 6. The number of aryl methyl sites for hydroxylation is 1. The molecule has 0 aromatic carbocycles. The number of anilines is 2. The molecule has 2 rings (SSSR count). The Bertz CT molecular complexity index is 540. The predicted molar refractivity (Wildman–Crippen MR) is 71.1 cm³/mol. The summed E-state index contributed by atoms with van der Waals surface area (Å²) in [5.41, 5.74) is 0.909. The van der Waals surface area contributed by atoms with Crippen LogP contribution in [0.1, 0.15) is 12.6 Å². The molecule has 102 valence electrons. The van der Waals surface area contributed by atoms with Crippen LogP contribution in [-0.4, -0.2) is 38.4 Å². The monoisotopic (exact) mass is 263 g/mol. The SMILES string of the molecule is CCNc1nc(NCc2ccn(C)n2)nc(OC)n1. The van der Waals surface area contributed by atoms with Gasteiger partial charge in [-0.1, -0.05) is 0 Å². The Hall–Kier alpha value is -2.38. The van der Waals surface area contributed by atoms with E-state index >= 15 is 0 Å². The summed E-state index contributed by atoms with van der Waals surface area (Å²) in [6, 6.07) is 2.20. The lowest BCUT2D eigenvalue weighted by molar-refractivity contribution is 0.379. The van der Waals surface area contributed by atoms with Crippen molar-refractivity contribution in [1.29, 1.82) is 0 Å². The molecule has 0 saturated carbocycles. The van der Waals surface area contributed by atoms with Crippen molar-refractivity contribution >= 4 is 11.9 Å². The molecular weight excluding hydrogens is 246 g/mol. The molecule has 0 fully saturated rings. The van der Waals surface area contributed by atoms with Gasteiger partial charge in [-0.2, -0.15) is 20.1 Å². The second-order valence-corrected chi connectivity index (χ2v) is 3.83. The number of hydrogen-bond donors (Lipinski definition) is 2. The van der Waals surface area contributed by atoms with Crippen molar-refractivity contribution in [2.75, 3.05) is 24.3 Å². The quantitative estimate of drug-likeness (QED) is 0.791. The highest BCUT2D eigenvalue weighted by atomic mass is 16.5. The maximum absolute atomic E-state index is 5.04. The van der Waals surface area contributed by atoms with Crippen LogP contribution in [-0.2, 0) is 13.6 Å². The summed E-state index contributed by atoms with van der Waals surface area (Å²) in [4.78, 5) is 12.4. The Labute approximate surface area is 111 Å².